The molecule has 0 N–H and O–H groups in total. The molecule has 2 atom stereocenters. The second-order valence-electron chi connectivity index (χ2n) is 5.86. The van der Waals surface area contributed by atoms with E-state index >= 15 is 0 Å². The Morgan fingerprint density at radius 1 is 1.46 bits per heavy atom. The largest absolute Gasteiger partial charge is 0.375 e. The Balaban J connectivity index is 1.84. The van der Waals surface area contributed by atoms with Gasteiger partial charge in [0, 0.05) is 18.5 Å². The minimum absolute atomic E-state index is 0.0308. The number of nitrogens with zero attached hydrogens (tertiary/aromatic N) is 1. The first-order valence-corrected chi connectivity index (χ1v) is 5.24. The van der Waals surface area contributed by atoms with Gasteiger partial charge < -0.3 is 9.64 Å². The summed E-state index contributed by atoms with van der Waals surface area (Å²) in [5, 5.41) is 0. The van der Waals surface area contributed by atoms with Gasteiger partial charge in [-0.15, -0.1) is 0 Å². The number of piperidine rings is 1. The lowest BCUT2D eigenvalue weighted by Gasteiger charge is -2.24. The van der Waals surface area contributed by atoms with Gasteiger partial charge in [-0.25, -0.2) is 0 Å². The van der Waals surface area contributed by atoms with Crippen molar-refractivity contribution in [3.05, 3.63) is 0 Å². The van der Waals surface area contributed by atoms with Gasteiger partial charge in [0.25, 0.3) is 0 Å². The van der Waals surface area contributed by atoms with Crippen molar-refractivity contribution in [3.8, 4) is 0 Å². The molecule has 1 aliphatic heterocycles. The second kappa shape index (κ2) is 2.71. The molecule has 2 aliphatic rings. The smallest absolute Gasteiger partial charge is 0.0598 e. The summed E-state index contributed by atoms with van der Waals surface area (Å²) in [6.07, 6.45) is 1.40. The minimum atomic E-state index is 0.0308. The highest BCUT2D eigenvalue weighted by Gasteiger charge is 2.59. The molecule has 0 bridgehead atoms. The van der Waals surface area contributed by atoms with Gasteiger partial charge in [-0.1, -0.05) is 0 Å². The second-order valence-corrected chi connectivity index (χ2v) is 5.86. The van der Waals surface area contributed by atoms with Gasteiger partial charge in [0.1, 0.15) is 0 Å². The van der Waals surface area contributed by atoms with Crippen LogP contribution in [0.15, 0.2) is 0 Å². The summed E-state index contributed by atoms with van der Waals surface area (Å²) in [7, 11) is 2.21. The average Bonchev–Trinajstić information content (AvgIpc) is 2.51. The van der Waals surface area contributed by atoms with Gasteiger partial charge in [-0.2, -0.15) is 0 Å². The van der Waals surface area contributed by atoms with Crippen LogP contribution in [0, 0.1) is 11.3 Å². The van der Waals surface area contributed by atoms with E-state index in [9.17, 15) is 0 Å². The molecule has 2 nitrogen and oxygen atoms in total. The van der Waals surface area contributed by atoms with E-state index in [1.165, 1.54) is 19.5 Å². The Labute approximate surface area is 81.3 Å². The van der Waals surface area contributed by atoms with Gasteiger partial charge in [-0.05, 0) is 40.2 Å². The van der Waals surface area contributed by atoms with E-state index in [4.69, 9.17) is 4.74 Å². The minimum Gasteiger partial charge on any atom is -0.375 e. The highest BCUT2D eigenvalue weighted by atomic mass is 16.5. The molecule has 0 spiro atoms. The van der Waals surface area contributed by atoms with Crippen molar-refractivity contribution in [1.82, 2.24) is 4.90 Å². The molecule has 1 saturated heterocycles. The maximum Gasteiger partial charge on any atom is 0.0598 e. The molecule has 0 aromatic heterocycles. The van der Waals surface area contributed by atoms with Crippen LogP contribution in [0.1, 0.15) is 27.2 Å². The molecule has 76 valence electrons. The Morgan fingerprint density at radius 2 is 2.15 bits per heavy atom. The van der Waals surface area contributed by atoms with Crippen LogP contribution >= 0.6 is 0 Å². The van der Waals surface area contributed by atoms with Gasteiger partial charge in [-0.3, -0.25) is 0 Å². The summed E-state index contributed by atoms with van der Waals surface area (Å²) in [5.74, 6) is 0.930. The van der Waals surface area contributed by atoms with Crippen LogP contribution in [0.25, 0.3) is 0 Å². The van der Waals surface area contributed by atoms with Gasteiger partial charge >= 0.3 is 0 Å². The summed E-state index contributed by atoms with van der Waals surface area (Å²) >= 11 is 0. The van der Waals surface area contributed by atoms with E-state index in [2.05, 4.69) is 32.7 Å². The number of fused-ring (bicyclic) bond motifs is 1. The van der Waals surface area contributed by atoms with Crippen molar-refractivity contribution < 1.29 is 4.74 Å². The average molecular weight is 183 g/mol. The van der Waals surface area contributed by atoms with Gasteiger partial charge in [0.15, 0.2) is 0 Å². The predicted octanol–water partition coefficient (Wildman–Crippen LogP) is 1.75. The first kappa shape index (κ1) is 9.47. The lowest BCUT2D eigenvalue weighted by Crippen LogP contribution is -2.28. The highest BCUT2D eigenvalue weighted by molar-refractivity contribution is 5.09. The molecule has 13 heavy (non-hydrogen) atoms. The van der Waals surface area contributed by atoms with E-state index in [0.717, 1.165) is 12.5 Å². The van der Waals surface area contributed by atoms with E-state index in [-0.39, 0.29) is 5.60 Å². The topological polar surface area (TPSA) is 12.5 Å². The zero-order valence-corrected chi connectivity index (χ0v) is 9.26. The van der Waals surface area contributed by atoms with E-state index in [1.54, 1.807) is 0 Å². The third-order valence-electron chi connectivity index (χ3n) is 3.27. The fourth-order valence-electron chi connectivity index (χ4n) is 2.44. The van der Waals surface area contributed by atoms with Crippen molar-refractivity contribution in [3.63, 3.8) is 0 Å². The maximum absolute atomic E-state index is 5.88. The van der Waals surface area contributed by atoms with Crippen molar-refractivity contribution in [1.29, 1.82) is 0 Å². The lowest BCUT2D eigenvalue weighted by atomic mass is 10.1. The first-order valence-electron chi connectivity index (χ1n) is 5.24. The molecule has 1 heterocycles. The normalized spacial score (nSPS) is 39.2. The molecule has 1 saturated carbocycles. The number of ether oxygens (including phenoxy) is 1. The SMILES string of the molecule is CN1CC2CC2(COC(C)(C)C)C1. The maximum atomic E-state index is 5.88. The Bertz CT molecular complexity index is 209. The zero-order chi connectivity index (χ0) is 9.69. The Hall–Kier alpha value is -0.0800. The molecular formula is C11H21NO. The number of hydrogen-bond acceptors (Lipinski definition) is 2. The predicted molar refractivity (Wildman–Crippen MR) is 53.7 cm³/mol. The summed E-state index contributed by atoms with van der Waals surface area (Å²) in [4.78, 5) is 2.43. The molecule has 2 unspecified atom stereocenters. The van der Waals surface area contributed by atoms with Crippen LogP contribution in [-0.2, 0) is 4.74 Å². The van der Waals surface area contributed by atoms with Crippen LogP contribution in [0.2, 0.25) is 0 Å². The number of rotatable bonds is 2. The van der Waals surface area contributed by atoms with Gasteiger partial charge in [0.05, 0.1) is 12.2 Å². The molecule has 2 rings (SSSR count). The summed E-state index contributed by atoms with van der Waals surface area (Å²) < 4.78 is 5.88. The summed E-state index contributed by atoms with van der Waals surface area (Å²) in [5.41, 5.74) is 0.574. The van der Waals surface area contributed by atoms with Crippen molar-refractivity contribution in [2.75, 3.05) is 26.7 Å². The molecular weight excluding hydrogens is 162 g/mol. The fraction of sp³-hybridized carbons (Fsp3) is 1.00. The first-order chi connectivity index (χ1) is 5.91. The third kappa shape index (κ3) is 1.89. The van der Waals surface area contributed by atoms with Crippen LogP contribution in [-0.4, -0.2) is 37.2 Å². The van der Waals surface area contributed by atoms with Gasteiger partial charge in [0.2, 0.25) is 0 Å². The van der Waals surface area contributed by atoms with Crippen molar-refractivity contribution in [2.45, 2.75) is 32.8 Å². The molecule has 0 radical (unpaired) electrons. The number of hydrogen-bond donors (Lipinski definition) is 0. The van der Waals surface area contributed by atoms with Crippen molar-refractivity contribution in [2.24, 2.45) is 11.3 Å². The fourth-order valence-corrected chi connectivity index (χ4v) is 2.44. The Morgan fingerprint density at radius 3 is 2.62 bits per heavy atom. The van der Waals surface area contributed by atoms with E-state index in [0.29, 0.717) is 5.41 Å². The standard InChI is InChI=1S/C11H21NO/c1-10(2,3)13-8-11-5-9(11)6-12(4)7-11/h9H,5-8H2,1-4H3. The van der Waals surface area contributed by atoms with Crippen LogP contribution in [0.4, 0.5) is 0 Å². The Kier molecular flexibility index (Phi) is 1.97. The molecule has 2 heteroatoms. The molecule has 0 aromatic carbocycles. The monoisotopic (exact) mass is 183 g/mol. The quantitative estimate of drug-likeness (QED) is 0.646. The molecule has 0 amide bonds. The molecule has 0 aromatic rings. The van der Waals surface area contributed by atoms with Crippen molar-refractivity contribution >= 4 is 0 Å². The lowest BCUT2D eigenvalue weighted by molar-refractivity contribution is -0.0291. The van der Waals surface area contributed by atoms with Crippen LogP contribution in [0.5, 0.6) is 0 Å². The third-order valence-corrected chi connectivity index (χ3v) is 3.27. The zero-order valence-electron chi connectivity index (χ0n) is 9.26. The molecule has 1 aliphatic carbocycles. The summed E-state index contributed by atoms with van der Waals surface area (Å²) in [6.45, 7) is 9.91. The molecule has 2 fully saturated rings. The van der Waals surface area contributed by atoms with E-state index < -0.39 is 0 Å². The van der Waals surface area contributed by atoms with E-state index in [1.807, 2.05) is 0 Å². The van der Waals surface area contributed by atoms with Crippen LogP contribution in [0.3, 0.4) is 0 Å². The number of likely N-dealkylation sites (tertiary alicyclic amines) is 1. The highest BCUT2D eigenvalue weighted by Crippen LogP contribution is 2.57. The summed E-state index contributed by atoms with van der Waals surface area (Å²) in [6, 6.07) is 0. The van der Waals surface area contributed by atoms with Crippen LogP contribution < -0.4 is 0 Å².